The molecule has 1 N–H and O–H groups in total. The topological polar surface area (TPSA) is 57.6 Å². The zero-order valence-corrected chi connectivity index (χ0v) is 10.4. The highest BCUT2D eigenvalue weighted by atomic mass is 16.4. The third-order valence-electron chi connectivity index (χ3n) is 3.49. The van der Waals surface area contributed by atoms with Gasteiger partial charge >= 0.3 is 5.97 Å². The first kappa shape index (κ1) is 12.6. The Morgan fingerprint density at radius 3 is 2.72 bits per heavy atom. The molecule has 1 atom stereocenters. The monoisotopic (exact) mass is 247 g/mol. The van der Waals surface area contributed by atoms with Crippen molar-refractivity contribution in [2.75, 3.05) is 13.1 Å². The quantitative estimate of drug-likeness (QED) is 0.880. The van der Waals surface area contributed by atoms with Gasteiger partial charge in [-0.1, -0.05) is 24.3 Å². The van der Waals surface area contributed by atoms with Crippen molar-refractivity contribution in [3.8, 4) is 0 Å². The molecule has 96 valence electrons. The molecule has 1 aromatic rings. The molecule has 4 heteroatoms. The molecule has 1 fully saturated rings. The van der Waals surface area contributed by atoms with Crippen LogP contribution in [0.25, 0.3) is 0 Å². The fraction of sp³-hybridized carbons (Fsp3) is 0.429. The molecule has 1 saturated heterocycles. The van der Waals surface area contributed by atoms with E-state index in [2.05, 4.69) is 0 Å². The molecule has 0 radical (unpaired) electrons. The van der Waals surface area contributed by atoms with E-state index >= 15 is 0 Å². The highest BCUT2D eigenvalue weighted by Gasteiger charge is 2.30. The van der Waals surface area contributed by atoms with Gasteiger partial charge in [0.15, 0.2) is 0 Å². The molecule has 1 amide bonds. The number of carbonyl (C=O) groups excluding carboxylic acids is 1. The van der Waals surface area contributed by atoms with E-state index in [9.17, 15) is 9.59 Å². The Morgan fingerprint density at radius 1 is 1.39 bits per heavy atom. The Balaban J connectivity index is 1.98. The van der Waals surface area contributed by atoms with Crippen LogP contribution in [0.5, 0.6) is 0 Å². The molecule has 1 aliphatic heterocycles. The van der Waals surface area contributed by atoms with E-state index in [1.165, 1.54) is 0 Å². The van der Waals surface area contributed by atoms with E-state index in [1.54, 1.807) is 4.90 Å². The normalized spacial score (nSPS) is 18.9. The van der Waals surface area contributed by atoms with Crippen LogP contribution in [0.2, 0.25) is 0 Å². The van der Waals surface area contributed by atoms with E-state index in [1.807, 2.05) is 31.2 Å². The van der Waals surface area contributed by atoms with Crippen molar-refractivity contribution < 1.29 is 14.7 Å². The number of nitrogens with zero attached hydrogens (tertiary/aromatic N) is 1. The number of carboxylic acids is 1. The third kappa shape index (κ3) is 2.70. The molecule has 1 aromatic carbocycles. The number of aliphatic carboxylic acids is 1. The van der Waals surface area contributed by atoms with Gasteiger partial charge in [0.2, 0.25) is 5.91 Å². The summed E-state index contributed by atoms with van der Waals surface area (Å²) >= 11 is 0. The molecule has 1 heterocycles. The SMILES string of the molecule is Cc1ccccc1CC(=O)N1CCC(C(=O)O)C1. The number of hydrogen-bond acceptors (Lipinski definition) is 2. The highest BCUT2D eigenvalue weighted by Crippen LogP contribution is 2.18. The molecule has 0 spiro atoms. The Hall–Kier alpha value is -1.84. The van der Waals surface area contributed by atoms with Crippen LogP contribution in [-0.4, -0.2) is 35.0 Å². The fourth-order valence-corrected chi connectivity index (χ4v) is 2.27. The van der Waals surface area contributed by atoms with Gasteiger partial charge in [-0.15, -0.1) is 0 Å². The predicted octanol–water partition coefficient (Wildman–Crippen LogP) is 1.47. The van der Waals surface area contributed by atoms with Gasteiger partial charge in [0.25, 0.3) is 0 Å². The summed E-state index contributed by atoms with van der Waals surface area (Å²) in [6.07, 6.45) is 0.924. The summed E-state index contributed by atoms with van der Waals surface area (Å²) < 4.78 is 0. The van der Waals surface area contributed by atoms with Crippen molar-refractivity contribution in [1.29, 1.82) is 0 Å². The lowest BCUT2D eigenvalue weighted by atomic mass is 10.1. The van der Waals surface area contributed by atoms with Crippen LogP contribution < -0.4 is 0 Å². The number of rotatable bonds is 3. The Kier molecular flexibility index (Phi) is 3.65. The maximum Gasteiger partial charge on any atom is 0.308 e. The standard InChI is InChI=1S/C14H17NO3/c1-10-4-2-3-5-11(10)8-13(16)15-7-6-12(9-15)14(17)18/h2-5,12H,6-9H2,1H3,(H,17,18). The van der Waals surface area contributed by atoms with E-state index in [-0.39, 0.29) is 5.91 Å². The van der Waals surface area contributed by atoms with Crippen molar-refractivity contribution in [1.82, 2.24) is 4.90 Å². The van der Waals surface area contributed by atoms with Gasteiger partial charge in [-0.05, 0) is 24.5 Å². The maximum atomic E-state index is 12.1. The lowest BCUT2D eigenvalue weighted by molar-refractivity contribution is -0.141. The number of carbonyl (C=O) groups is 2. The molecule has 0 bridgehead atoms. The third-order valence-corrected chi connectivity index (χ3v) is 3.49. The zero-order chi connectivity index (χ0) is 13.1. The summed E-state index contributed by atoms with van der Waals surface area (Å²) in [5, 5.41) is 8.91. The van der Waals surface area contributed by atoms with Crippen molar-refractivity contribution in [2.45, 2.75) is 19.8 Å². The predicted molar refractivity (Wildman–Crippen MR) is 67.2 cm³/mol. The molecule has 1 aliphatic rings. The van der Waals surface area contributed by atoms with Crippen LogP contribution in [0.1, 0.15) is 17.5 Å². The number of carboxylic acid groups (broad SMARTS) is 1. The van der Waals surface area contributed by atoms with Gasteiger partial charge in [0.05, 0.1) is 12.3 Å². The second kappa shape index (κ2) is 5.21. The summed E-state index contributed by atoms with van der Waals surface area (Å²) in [5.41, 5.74) is 2.11. The smallest absolute Gasteiger partial charge is 0.308 e. The number of aryl methyl sites for hydroxylation is 1. The minimum atomic E-state index is -0.804. The van der Waals surface area contributed by atoms with Gasteiger partial charge in [-0.25, -0.2) is 0 Å². The van der Waals surface area contributed by atoms with Gasteiger partial charge in [0, 0.05) is 13.1 Å². The Bertz CT molecular complexity index is 470. The van der Waals surface area contributed by atoms with E-state index in [0.29, 0.717) is 25.9 Å². The second-order valence-corrected chi connectivity index (χ2v) is 4.77. The number of hydrogen-bond donors (Lipinski definition) is 1. The molecular formula is C14H17NO3. The van der Waals surface area contributed by atoms with E-state index in [0.717, 1.165) is 11.1 Å². The molecular weight excluding hydrogens is 230 g/mol. The van der Waals surface area contributed by atoms with Crippen LogP contribution in [0.3, 0.4) is 0 Å². The number of likely N-dealkylation sites (tertiary alicyclic amines) is 1. The molecule has 18 heavy (non-hydrogen) atoms. The summed E-state index contributed by atoms with van der Waals surface area (Å²) in [6.45, 7) is 2.88. The van der Waals surface area contributed by atoms with Crippen LogP contribution >= 0.6 is 0 Å². The largest absolute Gasteiger partial charge is 0.481 e. The zero-order valence-electron chi connectivity index (χ0n) is 10.4. The first-order valence-electron chi connectivity index (χ1n) is 6.13. The number of benzene rings is 1. The highest BCUT2D eigenvalue weighted by molar-refractivity contribution is 5.81. The van der Waals surface area contributed by atoms with Crippen LogP contribution in [0.15, 0.2) is 24.3 Å². The van der Waals surface area contributed by atoms with Gasteiger partial charge in [0.1, 0.15) is 0 Å². The molecule has 4 nitrogen and oxygen atoms in total. The first-order valence-corrected chi connectivity index (χ1v) is 6.13. The fourth-order valence-electron chi connectivity index (χ4n) is 2.27. The van der Waals surface area contributed by atoms with Crippen molar-refractivity contribution >= 4 is 11.9 Å². The first-order chi connectivity index (χ1) is 8.58. The lowest BCUT2D eigenvalue weighted by Crippen LogP contribution is -2.31. The molecule has 0 aliphatic carbocycles. The van der Waals surface area contributed by atoms with Crippen LogP contribution in [0, 0.1) is 12.8 Å². The van der Waals surface area contributed by atoms with Gasteiger partial charge < -0.3 is 10.0 Å². The van der Waals surface area contributed by atoms with Crippen LogP contribution in [0.4, 0.5) is 0 Å². The summed E-state index contributed by atoms with van der Waals surface area (Å²) in [6, 6.07) is 7.78. The van der Waals surface area contributed by atoms with E-state index < -0.39 is 11.9 Å². The minimum Gasteiger partial charge on any atom is -0.481 e. The second-order valence-electron chi connectivity index (χ2n) is 4.77. The minimum absolute atomic E-state index is 0.0213. The average molecular weight is 247 g/mol. The molecule has 2 rings (SSSR count). The van der Waals surface area contributed by atoms with Crippen molar-refractivity contribution in [3.05, 3.63) is 35.4 Å². The molecule has 0 saturated carbocycles. The van der Waals surface area contributed by atoms with Crippen molar-refractivity contribution in [3.63, 3.8) is 0 Å². The molecule has 0 aromatic heterocycles. The van der Waals surface area contributed by atoms with Crippen LogP contribution in [-0.2, 0) is 16.0 Å². The Labute approximate surface area is 106 Å². The summed E-state index contributed by atoms with van der Waals surface area (Å²) in [7, 11) is 0. The van der Waals surface area contributed by atoms with E-state index in [4.69, 9.17) is 5.11 Å². The van der Waals surface area contributed by atoms with Gasteiger partial charge in [-0.2, -0.15) is 0 Å². The van der Waals surface area contributed by atoms with Gasteiger partial charge in [-0.3, -0.25) is 9.59 Å². The lowest BCUT2D eigenvalue weighted by Gasteiger charge is -2.16. The van der Waals surface area contributed by atoms with Crippen molar-refractivity contribution in [2.24, 2.45) is 5.92 Å². The Morgan fingerprint density at radius 2 is 2.11 bits per heavy atom. The summed E-state index contributed by atoms with van der Waals surface area (Å²) in [5.74, 6) is -1.18. The molecule has 1 unspecified atom stereocenters. The average Bonchev–Trinajstić information content (AvgIpc) is 2.81. The number of amides is 1. The maximum absolute atomic E-state index is 12.1. The summed E-state index contributed by atoms with van der Waals surface area (Å²) in [4.78, 5) is 24.6.